The van der Waals surface area contributed by atoms with Crippen LogP contribution in [0.1, 0.15) is 36.5 Å². The van der Waals surface area contributed by atoms with Gasteiger partial charge in [-0.15, -0.1) is 10.2 Å². The average Bonchev–Trinajstić information content (AvgIpc) is 3.33. The topological polar surface area (TPSA) is 96.0 Å². The number of thioether (sulfide) groups is 1. The van der Waals surface area contributed by atoms with Gasteiger partial charge in [-0.2, -0.15) is 0 Å². The van der Waals surface area contributed by atoms with Gasteiger partial charge in [-0.25, -0.2) is 0 Å². The molecule has 3 N–H and O–H groups in total. The van der Waals surface area contributed by atoms with Gasteiger partial charge in [0.05, 0.1) is 17.0 Å². The van der Waals surface area contributed by atoms with Crippen molar-refractivity contribution in [3.8, 4) is 0 Å². The lowest BCUT2D eigenvalue weighted by Crippen LogP contribution is -2.27. The van der Waals surface area contributed by atoms with E-state index in [0.29, 0.717) is 11.3 Å². The van der Waals surface area contributed by atoms with Gasteiger partial charge < -0.3 is 16.0 Å². The Morgan fingerprint density at radius 2 is 2.08 bits per heavy atom. The number of benzene rings is 1. The molecule has 138 valence electrons. The van der Waals surface area contributed by atoms with E-state index in [4.69, 9.17) is 0 Å². The fourth-order valence-electron chi connectivity index (χ4n) is 2.17. The first kappa shape index (κ1) is 18.7. The molecule has 0 saturated heterocycles. The minimum Gasteiger partial charge on any atom is -0.360 e. The summed E-state index contributed by atoms with van der Waals surface area (Å²) >= 11 is 2.76. The molecule has 1 aliphatic rings. The number of carbonyl (C=O) groups is 2. The van der Waals surface area contributed by atoms with Crippen LogP contribution in [0.5, 0.6) is 0 Å². The van der Waals surface area contributed by atoms with E-state index in [1.165, 1.54) is 23.1 Å². The molecule has 0 unspecified atom stereocenters. The third-order valence-corrected chi connectivity index (χ3v) is 5.63. The lowest BCUT2D eigenvalue weighted by molar-refractivity contribution is -0.113. The van der Waals surface area contributed by atoms with Gasteiger partial charge in [-0.05, 0) is 31.4 Å². The lowest BCUT2D eigenvalue weighted by Gasteiger charge is -2.10. The van der Waals surface area contributed by atoms with Gasteiger partial charge in [-0.3, -0.25) is 9.59 Å². The smallest absolute Gasteiger partial charge is 0.253 e. The summed E-state index contributed by atoms with van der Waals surface area (Å²) in [5, 5.41) is 17.8. The van der Waals surface area contributed by atoms with Crippen LogP contribution in [0.4, 0.5) is 10.8 Å². The number of carbonyl (C=O) groups excluding carboxylic acids is 2. The fraction of sp³-hybridized carbons (Fsp3) is 0.412. The van der Waals surface area contributed by atoms with Crippen LogP contribution in [-0.4, -0.2) is 40.4 Å². The Hall–Kier alpha value is -2.13. The van der Waals surface area contributed by atoms with Crippen molar-refractivity contribution >= 4 is 45.7 Å². The van der Waals surface area contributed by atoms with E-state index in [-0.39, 0.29) is 23.6 Å². The molecule has 1 fully saturated rings. The highest BCUT2D eigenvalue weighted by atomic mass is 32.2. The summed E-state index contributed by atoms with van der Waals surface area (Å²) in [6, 6.07) is 7.32. The lowest BCUT2D eigenvalue weighted by atomic mass is 10.1. The number of amides is 2. The van der Waals surface area contributed by atoms with Gasteiger partial charge in [0, 0.05) is 12.6 Å². The Bertz CT molecular complexity index is 776. The third-order valence-electron chi connectivity index (χ3n) is 3.62. The molecule has 0 aliphatic heterocycles. The van der Waals surface area contributed by atoms with Crippen molar-refractivity contribution in [3.05, 3.63) is 29.8 Å². The van der Waals surface area contributed by atoms with Crippen molar-refractivity contribution in [2.45, 2.75) is 36.6 Å². The first-order valence-corrected chi connectivity index (χ1v) is 10.4. The second-order valence-corrected chi connectivity index (χ2v) is 8.13. The SMILES string of the molecule is CCCNc1nnc(SCC(=O)Nc2ccccc2C(=O)NC2CC2)s1. The normalized spacial score (nSPS) is 13.3. The number of aromatic nitrogens is 2. The van der Waals surface area contributed by atoms with Crippen molar-refractivity contribution < 1.29 is 9.59 Å². The van der Waals surface area contributed by atoms with Gasteiger partial charge in [0.1, 0.15) is 0 Å². The number of anilines is 2. The molecule has 0 bridgehead atoms. The van der Waals surface area contributed by atoms with Crippen LogP contribution in [0.2, 0.25) is 0 Å². The maximum Gasteiger partial charge on any atom is 0.253 e. The molecule has 1 aliphatic carbocycles. The summed E-state index contributed by atoms with van der Waals surface area (Å²) in [5.74, 6) is -0.118. The second-order valence-electron chi connectivity index (χ2n) is 5.93. The van der Waals surface area contributed by atoms with Gasteiger partial charge in [0.15, 0.2) is 4.34 Å². The molecule has 0 spiro atoms. The Labute approximate surface area is 160 Å². The Balaban J connectivity index is 1.53. The van der Waals surface area contributed by atoms with E-state index in [1.54, 1.807) is 24.3 Å². The Morgan fingerprint density at radius 3 is 2.85 bits per heavy atom. The summed E-state index contributed by atoms with van der Waals surface area (Å²) in [6.45, 7) is 2.93. The molecule has 0 atom stereocenters. The molecule has 1 saturated carbocycles. The second kappa shape index (κ2) is 9.00. The van der Waals surface area contributed by atoms with Crippen molar-refractivity contribution in [1.82, 2.24) is 15.5 Å². The molecule has 2 aromatic rings. The van der Waals surface area contributed by atoms with E-state index in [9.17, 15) is 9.59 Å². The molecule has 1 aromatic carbocycles. The van der Waals surface area contributed by atoms with Crippen molar-refractivity contribution in [1.29, 1.82) is 0 Å². The van der Waals surface area contributed by atoms with Gasteiger partial charge >= 0.3 is 0 Å². The number of rotatable bonds is 9. The first-order valence-electron chi connectivity index (χ1n) is 8.55. The average molecular weight is 392 g/mol. The predicted molar refractivity (Wildman–Crippen MR) is 105 cm³/mol. The Kier molecular flexibility index (Phi) is 6.45. The molecule has 9 heteroatoms. The molecule has 0 radical (unpaired) electrons. The number of hydrogen-bond acceptors (Lipinski definition) is 7. The summed E-state index contributed by atoms with van der Waals surface area (Å²) in [5.41, 5.74) is 1.01. The van der Waals surface area contributed by atoms with Crippen LogP contribution < -0.4 is 16.0 Å². The maximum absolute atomic E-state index is 12.3. The highest BCUT2D eigenvalue weighted by Gasteiger charge is 2.25. The largest absolute Gasteiger partial charge is 0.360 e. The zero-order valence-corrected chi connectivity index (χ0v) is 16.1. The number of para-hydroxylation sites is 1. The quantitative estimate of drug-likeness (QED) is 0.569. The summed E-state index contributed by atoms with van der Waals surface area (Å²) in [6.07, 6.45) is 3.06. The van der Waals surface area contributed by atoms with Crippen molar-refractivity contribution in [2.24, 2.45) is 0 Å². The van der Waals surface area contributed by atoms with Crippen LogP contribution in [0.15, 0.2) is 28.6 Å². The first-order chi connectivity index (χ1) is 12.7. The predicted octanol–water partition coefficient (Wildman–Crippen LogP) is 2.98. The van der Waals surface area contributed by atoms with Gasteiger partial charge in [0.2, 0.25) is 11.0 Å². The molecule has 26 heavy (non-hydrogen) atoms. The molecule has 2 amide bonds. The van der Waals surface area contributed by atoms with E-state index in [2.05, 4.69) is 33.1 Å². The number of nitrogens with zero attached hydrogens (tertiary/aromatic N) is 2. The van der Waals surface area contributed by atoms with E-state index in [1.807, 2.05) is 0 Å². The molecule has 1 aromatic heterocycles. The minimum atomic E-state index is -0.181. The molecule has 3 rings (SSSR count). The van der Waals surface area contributed by atoms with Crippen LogP contribution in [-0.2, 0) is 4.79 Å². The Morgan fingerprint density at radius 1 is 1.27 bits per heavy atom. The van der Waals surface area contributed by atoms with E-state index < -0.39 is 0 Å². The molecule has 7 nitrogen and oxygen atoms in total. The van der Waals surface area contributed by atoms with Crippen molar-refractivity contribution in [2.75, 3.05) is 22.9 Å². The van der Waals surface area contributed by atoms with E-state index >= 15 is 0 Å². The standard InChI is InChI=1S/C17H21N5O2S2/c1-2-9-18-16-21-22-17(26-16)25-10-14(23)20-13-6-4-3-5-12(13)15(24)19-11-7-8-11/h3-6,11H,2,7-10H2,1H3,(H,18,21)(H,19,24)(H,20,23). The summed E-state index contributed by atoms with van der Waals surface area (Å²) < 4.78 is 0.735. The third kappa shape index (κ3) is 5.43. The van der Waals surface area contributed by atoms with Crippen LogP contribution in [0, 0.1) is 0 Å². The monoisotopic (exact) mass is 391 g/mol. The van der Waals surface area contributed by atoms with E-state index in [0.717, 1.165) is 35.3 Å². The molecular weight excluding hydrogens is 370 g/mol. The zero-order valence-electron chi connectivity index (χ0n) is 14.4. The van der Waals surface area contributed by atoms with Crippen LogP contribution in [0.3, 0.4) is 0 Å². The van der Waals surface area contributed by atoms with Gasteiger partial charge in [-0.1, -0.05) is 42.2 Å². The number of hydrogen-bond donors (Lipinski definition) is 3. The van der Waals surface area contributed by atoms with Crippen LogP contribution in [0.25, 0.3) is 0 Å². The summed E-state index contributed by atoms with van der Waals surface area (Å²) in [4.78, 5) is 24.5. The highest BCUT2D eigenvalue weighted by Crippen LogP contribution is 2.26. The zero-order chi connectivity index (χ0) is 18.4. The fourth-order valence-corrected chi connectivity index (χ4v) is 3.74. The number of nitrogens with one attached hydrogen (secondary N) is 3. The maximum atomic E-state index is 12.3. The highest BCUT2D eigenvalue weighted by molar-refractivity contribution is 8.01. The molecule has 1 heterocycles. The van der Waals surface area contributed by atoms with Crippen molar-refractivity contribution in [3.63, 3.8) is 0 Å². The van der Waals surface area contributed by atoms with Crippen LogP contribution >= 0.6 is 23.1 Å². The summed E-state index contributed by atoms with van der Waals surface area (Å²) in [7, 11) is 0. The molecular formula is C17H21N5O2S2. The minimum absolute atomic E-state index is 0.146. The van der Waals surface area contributed by atoms with Gasteiger partial charge in [0.25, 0.3) is 5.91 Å².